The van der Waals surface area contributed by atoms with Crippen LogP contribution >= 0.6 is 27.5 Å². The van der Waals surface area contributed by atoms with E-state index < -0.39 is 34.7 Å². The zero-order valence-electron chi connectivity index (χ0n) is 10.1. The van der Waals surface area contributed by atoms with E-state index in [-0.39, 0.29) is 15.2 Å². The Morgan fingerprint density at radius 1 is 1.10 bits per heavy atom. The molecule has 0 heterocycles. The third kappa shape index (κ3) is 3.30. The molecule has 2 aromatic carbocycles. The predicted molar refractivity (Wildman–Crippen MR) is 75.7 cm³/mol. The lowest BCUT2D eigenvalue weighted by Crippen LogP contribution is -2.04. The number of nitrogens with one attached hydrogen (secondary N) is 1. The van der Waals surface area contributed by atoms with Gasteiger partial charge in [0.15, 0.2) is 11.6 Å². The number of carboxylic acid groups (broad SMARTS) is 1. The molecule has 2 aromatic rings. The van der Waals surface area contributed by atoms with Gasteiger partial charge in [-0.1, -0.05) is 11.6 Å². The van der Waals surface area contributed by atoms with E-state index in [2.05, 4.69) is 21.2 Å². The minimum absolute atomic E-state index is 0.0546. The van der Waals surface area contributed by atoms with Crippen LogP contribution in [0.5, 0.6) is 0 Å². The van der Waals surface area contributed by atoms with Crippen molar-refractivity contribution < 1.29 is 23.1 Å². The highest BCUT2D eigenvalue weighted by Gasteiger charge is 2.17. The van der Waals surface area contributed by atoms with Crippen LogP contribution in [-0.2, 0) is 0 Å². The second-order valence-corrected chi connectivity index (χ2v) is 5.25. The second-order valence-electron chi connectivity index (χ2n) is 3.99. The molecular weight excluding hydrogens is 374 g/mol. The summed E-state index contributed by atoms with van der Waals surface area (Å²) in [5.41, 5.74) is -1.06. The lowest BCUT2D eigenvalue weighted by Gasteiger charge is -2.13. The van der Waals surface area contributed by atoms with Gasteiger partial charge in [-0.3, -0.25) is 0 Å². The van der Waals surface area contributed by atoms with Gasteiger partial charge in [0.25, 0.3) is 0 Å². The molecule has 0 amide bonds. The van der Waals surface area contributed by atoms with E-state index in [1.165, 1.54) is 0 Å². The first-order chi connectivity index (χ1) is 9.79. The summed E-state index contributed by atoms with van der Waals surface area (Å²) in [4.78, 5) is 10.7. The van der Waals surface area contributed by atoms with Crippen LogP contribution in [0.15, 0.2) is 28.7 Å². The molecule has 0 atom stereocenters. The van der Waals surface area contributed by atoms with Gasteiger partial charge in [0.1, 0.15) is 11.5 Å². The van der Waals surface area contributed by atoms with E-state index in [4.69, 9.17) is 16.7 Å². The van der Waals surface area contributed by atoms with Crippen molar-refractivity contribution in [3.05, 3.63) is 56.8 Å². The van der Waals surface area contributed by atoms with Crippen molar-refractivity contribution in [2.45, 2.75) is 0 Å². The van der Waals surface area contributed by atoms with Gasteiger partial charge in [0.05, 0.1) is 16.3 Å². The fourth-order valence-corrected chi connectivity index (χ4v) is 2.50. The summed E-state index contributed by atoms with van der Waals surface area (Å²) in [5, 5.41) is 11.0. The van der Waals surface area contributed by atoms with Crippen LogP contribution in [0.25, 0.3) is 0 Å². The van der Waals surface area contributed by atoms with Gasteiger partial charge < -0.3 is 10.4 Å². The molecule has 21 heavy (non-hydrogen) atoms. The van der Waals surface area contributed by atoms with Crippen molar-refractivity contribution in [3.8, 4) is 0 Å². The van der Waals surface area contributed by atoms with E-state index >= 15 is 0 Å². The lowest BCUT2D eigenvalue weighted by molar-refractivity contribution is 0.0696. The van der Waals surface area contributed by atoms with Crippen LogP contribution in [0.3, 0.4) is 0 Å². The van der Waals surface area contributed by atoms with Crippen molar-refractivity contribution in [1.82, 2.24) is 0 Å². The number of anilines is 2. The van der Waals surface area contributed by atoms with E-state index in [0.717, 1.165) is 12.1 Å². The maximum Gasteiger partial charge on any atom is 0.335 e. The van der Waals surface area contributed by atoms with Gasteiger partial charge in [-0.2, -0.15) is 0 Å². The molecule has 0 saturated carbocycles. The largest absolute Gasteiger partial charge is 0.478 e. The Morgan fingerprint density at radius 2 is 1.67 bits per heavy atom. The molecule has 0 aliphatic heterocycles. The Labute approximate surface area is 130 Å². The molecule has 0 spiro atoms. The highest BCUT2D eigenvalue weighted by atomic mass is 79.9. The summed E-state index contributed by atoms with van der Waals surface area (Å²) < 4.78 is 40.9. The number of aromatic carboxylic acids is 1. The molecule has 0 aliphatic carbocycles. The van der Waals surface area contributed by atoms with Crippen molar-refractivity contribution in [3.63, 3.8) is 0 Å². The smallest absolute Gasteiger partial charge is 0.335 e. The third-order valence-electron chi connectivity index (χ3n) is 2.55. The van der Waals surface area contributed by atoms with Crippen molar-refractivity contribution >= 4 is 44.9 Å². The zero-order valence-corrected chi connectivity index (χ0v) is 12.4. The summed E-state index contributed by atoms with van der Waals surface area (Å²) in [5.74, 6) is -4.31. The van der Waals surface area contributed by atoms with E-state index in [1.54, 1.807) is 0 Å². The van der Waals surface area contributed by atoms with Crippen LogP contribution in [0.2, 0.25) is 5.02 Å². The monoisotopic (exact) mass is 379 g/mol. The Bertz CT molecular complexity index is 693. The first kappa shape index (κ1) is 15.7. The SMILES string of the molecule is O=C(O)c1cc(F)c(Nc2c(Cl)cc(F)cc2Br)c(F)c1. The van der Waals surface area contributed by atoms with E-state index in [0.29, 0.717) is 12.1 Å². The number of halogens is 5. The highest BCUT2D eigenvalue weighted by molar-refractivity contribution is 9.10. The van der Waals surface area contributed by atoms with E-state index in [1.807, 2.05) is 0 Å². The number of carbonyl (C=O) groups is 1. The first-order valence-electron chi connectivity index (χ1n) is 5.43. The molecule has 0 bridgehead atoms. The predicted octanol–water partition coefficient (Wildman–Crippen LogP) is 4.96. The molecular formula is C13H6BrClF3NO2. The topological polar surface area (TPSA) is 49.3 Å². The third-order valence-corrected chi connectivity index (χ3v) is 3.47. The van der Waals surface area contributed by atoms with Crippen molar-refractivity contribution in [2.75, 3.05) is 5.32 Å². The Kier molecular flexibility index (Phi) is 4.43. The molecule has 2 rings (SSSR count). The van der Waals surface area contributed by atoms with Gasteiger partial charge in [-0.15, -0.1) is 0 Å². The molecule has 0 saturated heterocycles. The number of hydrogen-bond acceptors (Lipinski definition) is 2. The van der Waals surface area contributed by atoms with Crippen LogP contribution in [0.4, 0.5) is 24.5 Å². The van der Waals surface area contributed by atoms with Crippen LogP contribution in [-0.4, -0.2) is 11.1 Å². The Morgan fingerprint density at radius 3 is 2.14 bits per heavy atom. The average Bonchev–Trinajstić information content (AvgIpc) is 2.35. The normalized spacial score (nSPS) is 10.5. The lowest BCUT2D eigenvalue weighted by atomic mass is 10.1. The maximum atomic E-state index is 13.8. The van der Waals surface area contributed by atoms with Crippen LogP contribution in [0.1, 0.15) is 10.4 Å². The molecule has 0 radical (unpaired) electrons. The standard InChI is InChI=1S/C13H6BrClF3NO2/c14-7-3-6(16)4-8(15)11(7)19-12-9(17)1-5(13(20)21)2-10(12)18/h1-4,19H,(H,20,21). The van der Waals surface area contributed by atoms with Gasteiger partial charge in [-0.25, -0.2) is 18.0 Å². The van der Waals surface area contributed by atoms with Gasteiger partial charge >= 0.3 is 5.97 Å². The second kappa shape index (κ2) is 5.95. The first-order valence-corrected chi connectivity index (χ1v) is 6.60. The fraction of sp³-hybridized carbons (Fsp3) is 0. The average molecular weight is 381 g/mol. The van der Waals surface area contributed by atoms with Crippen LogP contribution in [0, 0.1) is 17.5 Å². The van der Waals surface area contributed by atoms with Gasteiger partial charge in [0.2, 0.25) is 0 Å². The summed E-state index contributed by atoms with van der Waals surface area (Å²) in [6.45, 7) is 0. The molecule has 110 valence electrons. The quantitative estimate of drug-likeness (QED) is 0.791. The molecule has 0 aliphatic rings. The highest BCUT2D eigenvalue weighted by Crippen LogP contribution is 2.35. The summed E-state index contributed by atoms with van der Waals surface area (Å²) in [7, 11) is 0. The van der Waals surface area contributed by atoms with Gasteiger partial charge in [0, 0.05) is 4.47 Å². The minimum Gasteiger partial charge on any atom is -0.478 e. The van der Waals surface area contributed by atoms with Crippen molar-refractivity contribution in [1.29, 1.82) is 0 Å². The number of rotatable bonds is 3. The minimum atomic E-state index is -1.46. The van der Waals surface area contributed by atoms with Gasteiger partial charge in [-0.05, 0) is 40.2 Å². The zero-order chi connectivity index (χ0) is 15.7. The van der Waals surface area contributed by atoms with E-state index in [9.17, 15) is 18.0 Å². The summed E-state index contributed by atoms with van der Waals surface area (Å²) in [6, 6.07) is 3.36. The molecule has 0 fully saturated rings. The summed E-state index contributed by atoms with van der Waals surface area (Å²) in [6.07, 6.45) is 0. The molecule has 2 N–H and O–H groups in total. The fourth-order valence-electron chi connectivity index (χ4n) is 1.60. The number of benzene rings is 2. The maximum absolute atomic E-state index is 13.8. The Hall–Kier alpha value is -1.73. The summed E-state index contributed by atoms with van der Waals surface area (Å²) >= 11 is 8.82. The number of hydrogen-bond donors (Lipinski definition) is 2. The molecule has 8 heteroatoms. The number of carboxylic acids is 1. The van der Waals surface area contributed by atoms with Crippen LogP contribution < -0.4 is 5.32 Å². The molecule has 0 unspecified atom stereocenters. The van der Waals surface area contributed by atoms with Crippen molar-refractivity contribution in [2.24, 2.45) is 0 Å². The Balaban J connectivity index is 2.48. The molecule has 3 nitrogen and oxygen atoms in total. The molecule has 0 aromatic heterocycles.